The van der Waals surface area contributed by atoms with Crippen molar-refractivity contribution in [1.82, 2.24) is 20.6 Å². The van der Waals surface area contributed by atoms with Crippen LogP contribution in [0.25, 0.3) is 0 Å². The van der Waals surface area contributed by atoms with Crippen molar-refractivity contribution < 1.29 is 4.42 Å². The van der Waals surface area contributed by atoms with Crippen LogP contribution in [-0.4, -0.2) is 29.5 Å². The smallest absolute Gasteiger partial charge is 0.214 e. The number of nitrogens with zero attached hydrogens (tertiary/aromatic N) is 3. The topological polar surface area (TPSA) is 75.3 Å². The summed E-state index contributed by atoms with van der Waals surface area (Å²) >= 11 is 1.91. The second kappa shape index (κ2) is 8.47. The fraction of sp³-hybridized carbons (Fsp3) is 0.611. The Labute approximate surface area is 153 Å². The second-order valence-electron chi connectivity index (χ2n) is 6.39. The van der Waals surface area contributed by atoms with E-state index in [9.17, 15) is 0 Å². The first-order chi connectivity index (χ1) is 12.2. The molecule has 0 saturated carbocycles. The molecule has 2 aromatic heterocycles. The highest BCUT2D eigenvalue weighted by molar-refractivity contribution is 7.11. The molecular formula is C18H27N5OS. The van der Waals surface area contributed by atoms with E-state index in [1.807, 2.05) is 25.2 Å². The summed E-state index contributed by atoms with van der Waals surface area (Å²) in [6, 6.07) is 0. The molecule has 2 N–H and O–H groups in total. The van der Waals surface area contributed by atoms with Gasteiger partial charge >= 0.3 is 0 Å². The van der Waals surface area contributed by atoms with Crippen molar-refractivity contribution in [2.75, 3.05) is 13.6 Å². The van der Waals surface area contributed by atoms with Crippen molar-refractivity contribution in [3.8, 4) is 0 Å². The number of thiazole rings is 1. The molecule has 0 aromatic carbocycles. The second-order valence-corrected chi connectivity index (χ2v) is 7.56. The third kappa shape index (κ3) is 4.81. The van der Waals surface area contributed by atoms with Gasteiger partial charge in [0.1, 0.15) is 5.76 Å². The number of aliphatic imine (C=N–C) groups is 1. The Balaban J connectivity index is 1.39. The number of fused-ring (bicyclic) bond motifs is 1. The van der Waals surface area contributed by atoms with Gasteiger partial charge in [-0.25, -0.2) is 9.97 Å². The Bertz CT molecular complexity index is 691. The molecule has 0 atom stereocenters. The molecule has 25 heavy (non-hydrogen) atoms. The highest BCUT2D eigenvalue weighted by atomic mass is 32.1. The predicted octanol–water partition coefficient (Wildman–Crippen LogP) is 2.92. The molecular weight excluding hydrogens is 334 g/mol. The van der Waals surface area contributed by atoms with Gasteiger partial charge in [-0.2, -0.15) is 0 Å². The van der Waals surface area contributed by atoms with Crippen LogP contribution in [0.15, 0.2) is 9.41 Å². The zero-order chi connectivity index (χ0) is 17.6. The molecule has 136 valence electrons. The van der Waals surface area contributed by atoms with Crippen molar-refractivity contribution in [2.24, 2.45) is 4.99 Å². The maximum Gasteiger partial charge on any atom is 0.214 e. The molecule has 3 rings (SSSR count). The van der Waals surface area contributed by atoms with E-state index >= 15 is 0 Å². The Morgan fingerprint density at radius 2 is 2.04 bits per heavy atom. The van der Waals surface area contributed by atoms with Crippen LogP contribution in [0.3, 0.4) is 0 Å². The lowest BCUT2D eigenvalue weighted by molar-refractivity contribution is 0.463. The standard InChI is InChI=1S/C18H27N5OS/c1-12-13(2)24-16(22-12)11-21-18(19-3)20-10-6-9-17-23-14-7-4-5-8-15(14)25-17/h4-11H2,1-3H3,(H2,19,20,21). The summed E-state index contributed by atoms with van der Waals surface area (Å²) in [7, 11) is 1.77. The molecule has 1 aliphatic rings. The number of oxazole rings is 1. The maximum atomic E-state index is 5.57. The summed E-state index contributed by atoms with van der Waals surface area (Å²) < 4.78 is 5.57. The summed E-state index contributed by atoms with van der Waals surface area (Å²) in [5.41, 5.74) is 2.29. The van der Waals surface area contributed by atoms with Gasteiger partial charge in [0.15, 0.2) is 5.96 Å². The molecule has 2 aromatic rings. The number of hydrogen-bond acceptors (Lipinski definition) is 5. The number of rotatable bonds is 6. The lowest BCUT2D eigenvalue weighted by Gasteiger charge is -2.10. The molecule has 7 heteroatoms. The maximum absolute atomic E-state index is 5.57. The van der Waals surface area contributed by atoms with E-state index in [1.54, 1.807) is 7.05 Å². The number of nitrogens with one attached hydrogen (secondary N) is 2. The van der Waals surface area contributed by atoms with Crippen molar-refractivity contribution in [3.05, 3.63) is 32.9 Å². The highest BCUT2D eigenvalue weighted by Gasteiger charge is 2.14. The van der Waals surface area contributed by atoms with Gasteiger partial charge < -0.3 is 15.1 Å². The molecule has 0 amide bonds. The SMILES string of the molecule is CN=C(NCCCc1nc2c(s1)CCCC2)NCc1nc(C)c(C)o1. The first-order valence-corrected chi connectivity index (χ1v) is 9.82. The minimum atomic E-state index is 0.535. The Kier molecular flexibility index (Phi) is 6.07. The van der Waals surface area contributed by atoms with Crippen molar-refractivity contribution in [1.29, 1.82) is 0 Å². The molecule has 0 radical (unpaired) electrons. The third-order valence-electron chi connectivity index (χ3n) is 4.45. The monoisotopic (exact) mass is 361 g/mol. The zero-order valence-electron chi connectivity index (χ0n) is 15.3. The van der Waals surface area contributed by atoms with Crippen LogP contribution >= 0.6 is 11.3 Å². The largest absolute Gasteiger partial charge is 0.444 e. The van der Waals surface area contributed by atoms with Gasteiger partial charge in [0.25, 0.3) is 0 Å². The normalized spacial score (nSPS) is 14.4. The Morgan fingerprint density at radius 3 is 2.76 bits per heavy atom. The molecule has 0 aliphatic heterocycles. The van der Waals surface area contributed by atoms with Crippen LogP contribution in [0.5, 0.6) is 0 Å². The van der Waals surface area contributed by atoms with Crippen LogP contribution in [-0.2, 0) is 25.8 Å². The van der Waals surface area contributed by atoms with Gasteiger partial charge in [-0.1, -0.05) is 0 Å². The number of hydrogen-bond donors (Lipinski definition) is 2. The number of aryl methyl sites for hydroxylation is 5. The zero-order valence-corrected chi connectivity index (χ0v) is 16.1. The fourth-order valence-corrected chi connectivity index (χ4v) is 4.15. The Hall–Kier alpha value is -1.89. The third-order valence-corrected chi connectivity index (χ3v) is 5.67. The van der Waals surface area contributed by atoms with E-state index in [0.717, 1.165) is 36.8 Å². The molecule has 2 heterocycles. The summed E-state index contributed by atoms with van der Waals surface area (Å²) in [4.78, 5) is 14.9. The van der Waals surface area contributed by atoms with Gasteiger partial charge in [0, 0.05) is 24.9 Å². The average molecular weight is 362 g/mol. The average Bonchev–Trinajstić information content (AvgIpc) is 3.17. The van der Waals surface area contributed by atoms with E-state index in [4.69, 9.17) is 9.40 Å². The van der Waals surface area contributed by atoms with Crippen LogP contribution in [0.2, 0.25) is 0 Å². The first-order valence-electron chi connectivity index (χ1n) is 9.00. The lowest BCUT2D eigenvalue weighted by atomic mass is 10.0. The van der Waals surface area contributed by atoms with Crippen molar-refractivity contribution >= 4 is 17.3 Å². The minimum absolute atomic E-state index is 0.535. The predicted molar refractivity (Wildman–Crippen MR) is 101 cm³/mol. The van der Waals surface area contributed by atoms with Gasteiger partial charge in [-0.15, -0.1) is 11.3 Å². The van der Waals surface area contributed by atoms with Crippen LogP contribution in [0.1, 0.15) is 52.2 Å². The minimum Gasteiger partial charge on any atom is -0.444 e. The van der Waals surface area contributed by atoms with Gasteiger partial charge in [0.05, 0.1) is 22.9 Å². The molecule has 0 bridgehead atoms. The highest BCUT2D eigenvalue weighted by Crippen LogP contribution is 2.27. The van der Waals surface area contributed by atoms with Gasteiger partial charge in [0.2, 0.25) is 5.89 Å². The van der Waals surface area contributed by atoms with E-state index in [-0.39, 0.29) is 0 Å². The summed E-state index contributed by atoms with van der Waals surface area (Å²) in [6.07, 6.45) is 7.08. The molecule has 6 nitrogen and oxygen atoms in total. The fourth-order valence-electron chi connectivity index (χ4n) is 2.95. The number of guanidine groups is 1. The van der Waals surface area contributed by atoms with E-state index in [2.05, 4.69) is 20.6 Å². The van der Waals surface area contributed by atoms with E-state index < -0.39 is 0 Å². The van der Waals surface area contributed by atoms with Crippen molar-refractivity contribution in [2.45, 2.75) is 58.9 Å². The first kappa shape index (κ1) is 17.9. The van der Waals surface area contributed by atoms with E-state index in [1.165, 1.54) is 41.3 Å². The molecule has 0 unspecified atom stereocenters. The van der Waals surface area contributed by atoms with Crippen LogP contribution < -0.4 is 10.6 Å². The van der Waals surface area contributed by atoms with Gasteiger partial charge in [-0.05, 0) is 46.0 Å². The summed E-state index contributed by atoms with van der Waals surface area (Å²) in [5.74, 6) is 2.32. The molecule has 0 fully saturated rings. The lowest BCUT2D eigenvalue weighted by Crippen LogP contribution is -2.37. The van der Waals surface area contributed by atoms with Crippen molar-refractivity contribution in [3.63, 3.8) is 0 Å². The quantitative estimate of drug-likeness (QED) is 0.470. The molecule has 1 aliphatic carbocycles. The van der Waals surface area contributed by atoms with Gasteiger partial charge in [-0.3, -0.25) is 4.99 Å². The number of aromatic nitrogens is 2. The Morgan fingerprint density at radius 1 is 1.20 bits per heavy atom. The van der Waals surface area contributed by atoms with Crippen LogP contribution in [0, 0.1) is 13.8 Å². The molecule has 0 saturated heterocycles. The van der Waals surface area contributed by atoms with Crippen LogP contribution in [0.4, 0.5) is 0 Å². The van der Waals surface area contributed by atoms with E-state index in [0.29, 0.717) is 12.4 Å². The summed E-state index contributed by atoms with van der Waals surface area (Å²) in [5, 5.41) is 7.85. The molecule has 0 spiro atoms. The summed E-state index contributed by atoms with van der Waals surface area (Å²) in [6.45, 7) is 5.28.